The number of pyridine rings is 1. The Balaban J connectivity index is 1.71. The van der Waals surface area contributed by atoms with E-state index < -0.39 is 0 Å². The SMILES string of the molecule is O=C(c1cccc(-c2cncc3[nH]cnc23)c1)N1CCCCC1. The minimum atomic E-state index is 0.119. The zero-order chi connectivity index (χ0) is 15.6. The number of nitrogens with one attached hydrogen (secondary N) is 1. The number of piperidine rings is 1. The van der Waals surface area contributed by atoms with E-state index in [2.05, 4.69) is 15.0 Å². The van der Waals surface area contributed by atoms with Crippen LogP contribution < -0.4 is 0 Å². The molecule has 0 saturated carbocycles. The first-order valence-corrected chi connectivity index (χ1v) is 8.00. The Hall–Kier alpha value is -2.69. The third kappa shape index (κ3) is 2.59. The molecule has 0 atom stereocenters. The molecule has 5 heteroatoms. The molecule has 1 aliphatic rings. The first kappa shape index (κ1) is 13.9. The molecule has 1 saturated heterocycles. The number of rotatable bonds is 2. The summed E-state index contributed by atoms with van der Waals surface area (Å²) in [5.74, 6) is 0.119. The molecule has 0 spiro atoms. The zero-order valence-corrected chi connectivity index (χ0v) is 12.8. The van der Waals surface area contributed by atoms with E-state index in [1.54, 1.807) is 18.7 Å². The molecule has 2 aromatic heterocycles. The second-order valence-corrected chi connectivity index (χ2v) is 5.92. The van der Waals surface area contributed by atoms with Crippen molar-refractivity contribution in [3.63, 3.8) is 0 Å². The van der Waals surface area contributed by atoms with Crippen molar-refractivity contribution in [2.45, 2.75) is 19.3 Å². The van der Waals surface area contributed by atoms with Crippen LogP contribution >= 0.6 is 0 Å². The fourth-order valence-electron chi connectivity index (χ4n) is 3.18. The Bertz CT molecular complexity index is 849. The Kier molecular flexibility index (Phi) is 3.54. The van der Waals surface area contributed by atoms with Gasteiger partial charge in [-0.3, -0.25) is 9.78 Å². The third-order valence-corrected chi connectivity index (χ3v) is 4.40. The fraction of sp³-hybridized carbons (Fsp3) is 0.278. The highest BCUT2D eigenvalue weighted by molar-refractivity contribution is 5.97. The van der Waals surface area contributed by atoms with E-state index in [9.17, 15) is 4.79 Å². The van der Waals surface area contributed by atoms with E-state index in [1.807, 2.05) is 29.2 Å². The molecule has 0 unspecified atom stereocenters. The van der Waals surface area contributed by atoms with Crippen LogP contribution in [0.4, 0.5) is 0 Å². The van der Waals surface area contributed by atoms with Gasteiger partial charge in [-0.15, -0.1) is 0 Å². The molecule has 23 heavy (non-hydrogen) atoms. The zero-order valence-electron chi connectivity index (χ0n) is 12.8. The van der Waals surface area contributed by atoms with E-state index in [0.29, 0.717) is 0 Å². The van der Waals surface area contributed by atoms with Gasteiger partial charge in [-0.2, -0.15) is 0 Å². The van der Waals surface area contributed by atoms with Gasteiger partial charge < -0.3 is 9.88 Å². The number of H-pyrrole nitrogens is 1. The third-order valence-electron chi connectivity index (χ3n) is 4.40. The standard InChI is InChI=1S/C18H18N4O/c23-18(22-7-2-1-3-8-22)14-6-4-5-13(9-14)15-10-19-11-16-17(15)21-12-20-16/h4-6,9-12H,1-3,7-8H2,(H,20,21). The molecule has 0 aliphatic carbocycles. The Labute approximate surface area is 134 Å². The fourth-order valence-corrected chi connectivity index (χ4v) is 3.18. The monoisotopic (exact) mass is 306 g/mol. The van der Waals surface area contributed by atoms with Gasteiger partial charge in [0.05, 0.1) is 23.6 Å². The van der Waals surface area contributed by atoms with E-state index >= 15 is 0 Å². The minimum absolute atomic E-state index is 0.119. The van der Waals surface area contributed by atoms with Gasteiger partial charge in [0.15, 0.2) is 0 Å². The van der Waals surface area contributed by atoms with E-state index in [-0.39, 0.29) is 5.91 Å². The number of carbonyl (C=O) groups is 1. The van der Waals surface area contributed by atoms with Crippen LogP contribution in [-0.2, 0) is 0 Å². The summed E-state index contributed by atoms with van der Waals surface area (Å²) in [7, 11) is 0. The van der Waals surface area contributed by atoms with Crippen LogP contribution in [0.15, 0.2) is 43.0 Å². The number of fused-ring (bicyclic) bond motifs is 1. The van der Waals surface area contributed by atoms with Crippen molar-refractivity contribution in [1.82, 2.24) is 19.9 Å². The van der Waals surface area contributed by atoms with Gasteiger partial charge in [-0.1, -0.05) is 12.1 Å². The van der Waals surface area contributed by atoms with Gasteiger partial charge in [0.1, 0.15) is 0 Å². The molecular weight excluding hydrogens is 288 g/mol. The largest absolute Gasteiger partial charge is 0.343 e. The van der Waals surface area contributed by atoms with Crippen LogP contribution in [0, 0.1) is 0 Å². The van der Waals surface area contributed by atoms with Crippen molar-refractivity contribution in [2.75, 3.05) is 13.1 Å². The lowest BCUT2D eigenvalue weighted by atomic mass is 10.0. The molecule has 3 heterocycles. The molecule has 5 nitrogen and oxygen atoms in total. The number of aromatic nitrogens is 3. The molecule has 1 N–H and O–H groups in total. The Morgan fingerprint density at radius 3 is 2.87 bits per heavy atom. The summed E-state index contributed by atoms with van der Waals surface area (Å²) in [6.45, 7) is 1.72. The highest BCUT2D eigenvalue weighted by atomic mass is 16.2. The average Bonchev–Trinajstić information content (AvgIpc) is 3.10. The molecule has 0 bridgehead atoms. The van der Waals surface area contributed by atoms with Gasteiger partial charge >= 0.3 is 0 Å². The van der Waals surface area contributed by atoms with Crippen molar-refractivity contribution in [1.29, 1.82) is 0 Å². The molecule has 4 rings (SSSR count). The second-order valence-electron chi connectivity index (χ2n) is 5.92. The number of nitrogens with zero attached hydrogens (tertiary/aromatic N) is 3. The lowest BCUT2D eigenvalue weighted by Gasteiger charge is -2.26. The van der Waals surface area contributed by atoms with Crippen LogP contribution in [0.3, 0.4) is 0 Å². The highest BCUT2D eigenvalue weighted by Crippen LogP contribution is 2.26. The molecule has 1 aromatic carbocycles. The summed E-state index contributed by atoms with van der Waals surface area (Å²) in [5.41, 5.74) is 4.42. The molecule has 1 fully saturated rings. The first-order chi connectivity index (χ1) is 11.3. The second kappa shape index (κ2) is 5.83. The number of hydrogen-bond acceptors (Lipinski definition) is 3. The summed E-state index contributed by atoms with van der Waals surface area (Å²) in [6, 6.07) is 7.76. The van der Waals surface area contributed by atoms with E-state index in [0.717, 1.165) is 53.7 Å². The van der Waals surface area contributed by atoms with Crippen LogP contribution in [0.2, 0.25) is 0 Å². The van der Waals surface area contributed by atoms with Crippen molar-refractivity contribution in [3.05, 3.63) is 48.5 Å². The van der Waals surface area contributed by atoms with Crippen molar-refractivity contribution < 1.29 is 4.79 Å². The lowest BCUT2D eigenvalue weighted by Crippen LogP contribution is -2.35. The van der Waals surface area contributed by atoms with Crippen LogP contribution in [0.1, 0.15) is 29.6 Å². The molecule has 0 radical (unpaired) electrons. The number of carbonyl (C=O) groups excluding carboxylic acids is 1. The highest BCUT2D eigenvalue weighted by Gasteiger charge is 2.18. The average molecular weight is 306 g/mol. The lowest BCUT2D eigenvalue weighted by molar-refractivity contribution is 0.0724. The predicted octanol–water partition coefficient (Wildman–Crippen LogP) is 3.25. The predicted molar refractivity (Wildman–Crippen MR) is 89.1 cm³/mol. The topological polar surface area (TPSA) is 61.9 Å². The summed E-state index contributed by atoms with van der Waals surface area (Å²) in [4.78, 5) is 26.3. The van der Waals surface area contributed by atoms with Crippen LogP contribution in [-0.4, -0.2) is 38.8 Å². The van der Waals surface area contributed by atoms with Crippen LogP contribution in [0.5, 0.6) is 0 Å². The summed E-state index contributed by atoms with van der Waals surface area (Å²) < 4.78 is 0. The Morgan fingerprint density at radius 2 is 2.00 bits per heavy atom. The molecule has 116 valence electrons. The minimum Gasteiger partial charge on any atom is -0.343 e. The van der Waals surface area contributed by atoms with Gasteiger partial charge in [-0.05, 0) is 37.0 Å². The van der Waals surface area contributed by atoms with E-state index in [1.165, 1.54) is 6.42 Å². The van der Waals surface area contributed by atoms with Crippen molar-refractivity contribution in [3.8, 4) is 11.1 Å². The molecule has 1 amide bonds. The van der Waals surface area contributed by atoms with Gasteiger partial charge in [0.2, 0.25) is 0 Å². The maximum atomic E-state index is 12.7. The molecule has 1 aliphatic heterocycles. The molecule has 3 aromatic rings. The normalized spacial score (nSPS) is 15.0. The molecular formula is C18H18N4O. The van der Waals surface area contributed by atoms with Gasteiger partial charge in [0.25, 0.3) is 5.91 Å². The number of amides is 1. The number of aromatic amines is 1. The Morgan fingerprint density at radius 1 is 1.13 bits per heavy atom. The van der Waals surface area contributed by atoms with Gasteiger partial charge in [0, 0.05) is 30.4 Å². The summed E-state index contributed by atoms with van der Waals surface area (Å²) in [5, 5.41) is 0. The van der Waals surface area contributed by atoms with Gasteiger partial charge in [-0.25, -0.2) is 4.98 Å². The summed E-state index contributed by atoms with van der Waals surface area (Å²) >= 11 is 0. The smallest absolute Gasteiger partial charge is 0.253 e. The number of likely N-dealkylation sites (tertiary alicyclic amines) is 1. The number of imidazole rings is 1. The van der Waals surface area contributed by atoms with E-state index in [4.69, 9.17) is 0 Å². The maximum Gasteiger partial charge on any atom is 0.253 e. The first-order valence-electron chi connectivity index (χ1n) is 8.00. The van der Waals surface area contributed by atoms with Crippen LogP contribution in [0.25, 0.3) is 22.2 Å². The number of hydrogen-bond donors (Lipinski definition) is 1. The van der Waals surface area contributed by atoms with Crippen molar-refractivity contribution in [2.24, 2.45) is 0 Å². The quantitative estimate of drug-likeness (QED) is 0.790. The maximum absolute atomic E-state index is 12.7. The number of benzene rings is 1. The van der Waals surface area contributed by atoms with Crippen molar-refractivity contribution >= 4 is 16.9 Å². The summed E-state index contributed by atoms with van der Waals surface area (Å²) in [6.07, 6.45) is 8.64.